The molecule has 0 spiro atoms. The Bertz CT molecular complexity index is 499. The number of rotatable bonds is 3. The van der Waals surface area contributed by atoms with Crippen molar-refractivity contribution in [3.63, 3.8) is 0 Å². The molecule has 2 aromatic rings. The van der Waals surface area contributed by atoms with Gasteiger partial charge in [0.2, 0.25) is 11.8 Å². The first-order valence-corrected chi connectivity index (χ1v) is 5.20. The van der Waals surface area contributed by atoms with Crippen molar-refractivity contribution in [2.45, 2.75) is 0 Å². The quantitative estimate of drug-likeness (QED) is 0.872. The van der Waals surface area contributed by atoms with Gasteiger partial charge in [-0.3, -0.25) is 0 Å². The zero-order valence-corrected chi connectivity index (χ0v) is 9.79. The van der Waals surface area contributed by atoms with Gasteiger partial charge in [-0.05, 0) is 12.1 Å². The molecule has 0 unspecified atom stereocenters. The van der Waals surface area contributed by atoms with Gasteiger partial charge in [-0.15, -0.1) is 0 Å². The van der Waals surface area contributed by atoms with Crippen molar-refractivity contribution in [2.24, 2.45) is 0 Å². The topological polar surface area (TPSA) is 64.3 Å². The van der Waals surface area contributed by atoms with Gasteiger partial charge in [0.25, 0.3) is 0 Å². The smallest absolute Gasteiger partial charge is 0.230 e. The standard InChI is InChI=1S/C12H14N4O/c1-16(2)12-14-10(13)8-11(15-12)17-9-6-4-3-5-7-9/h3-8H,1-2H3,(H2,13,14,15). The van der Waals surface area contributed by atoms with Crippen LogP contribution in [0.5, 0.6) is 11.6 Å². The Morgan fingerprint density at radius 2 is 1.82 bits per heavy atom. The molecule has 88 valence electrons. The lowest BCUT2D eigenvalue weighted by atomic mass is 10.3. The fourth-order valence-corrected chi connectivity index (χ4v) is 1.29. The van der Waals surface area contributed by atoms with Crippen LogP contribution >= 0.6 is 0 Å². The van der Waals surface area contributed by atoms with E-state index in [2.05, 4.69) is 9.97 Å². The molecule has 0 aliphatic rings. The van der Waals surface area contributed by atoms with E-state index in [0.29, 0.717) is 17.6 Å². The van der Waals surface area contributed by atoms with Crippen molar-refractivity contribution < 1.29 is 4.74 Å². The molecule has 0 fully saturated rings. The summed E-state index contributed by atoms with van der Waals surface area (Å²) in [7, 11) is 3.70. The molecule has 5 nitrogen and oxygen atoms in total. The molecule has 0 aliphatic carbocycles. The molecule has 2 rings (SSSR count). The largest absolute Gasteiger partial charge is 0.439 e. The van der Waals surface area contributed by atoms with Crippen LogP contribution in [0.3, 0.4) is 0 Å². The normalized spacial score (nSPS) is 10.0. The van der Waals surface area contributed by atoms with Crippen molar-refractivity contribution in [3.8, 4) is 11.6 Å². The highest BCUT2D eigenvalue weighted by Crippen LogP contribution is 2.22. The van der Waals surface area contributed by atoms with Gasteiger partial charge in [-0.2, -0.15) is 9.97 Å². The number of para-hydroxylation sites is 1. The molecule has 5 heteroatoms. The predicted octanol–water partition coefficient (Wildman–Crippen LogP) is 1.92. The van der Waals surface area contributed by atoms with E-state index in [1.165, 1.54) is 0 Å². The maximum Gasteiger partial charge on any atom is 0.230 e. The summed E-state index contributed by atoms with van der Waals surface area (Å²) in [5.41, 5.74) is 5.69. The molecule has 1 aromatic carbocycles. The van der Waals surface area contributed by atoms with Crippen LogP contribution in [0, 0.1) is 0 Å². The molecule has 0 amide bonds. The number of benzene rings is 1. The maximum atomic E-state index is 5.69. The molecule has 17 heavy (non-hydrogen) atoms. The number of nitrogens with zero attached hydrogens (tertiary/aromatic N) is 3. The molecular formula is C12H14N4O. The molecule has 0 bridgehead atoms. The maximum absolute atomic E-state index is 5.69. The van der Waals surface area contributed by atoms with Crippen LogP contribution in [0.15, 0.2) is 36.4 Å². The second-order valence-electron chi connectivity index (χ2n) is 3.74. The first kappa shape index (κ1) is 11.2. The highest BCUT2D eigenvalue weighted by molar-refractivity contribution is 5.43. The number of anilines is 2. The number of hydrogen-bond acceptors (Lipinski definition) is 5. The molecule has 0 atom stereocenters. The summed E-state index contributed by atoms with van der Waals surface area (Å²) in [6.07, 6.45) is 0. The minimum atomic E-state index is 0.384. The average Bonchev–Trinajstić information content (AvgIpc) is 2.29. The van der Waals surface area contributed by atoms with Crippen LogP contribution in [0.25, 0.3) is 0 Å². The van der Waals surface area contributed by atoms with Crippen molar-refractivity contribution in [3.05, 3.63) is 36.4 Å². The van der Waals surface area contributed by atoms with E-state index < -0.39 is 0 Å². The van der Waals surface area contributed by atoms with Crippen LogP contribution in [0.1, 0.15) is 0 Å². The number of ether oxygens (including phenoxy) is 1. The zero-order valence-electron chi connectivity index (χ0n) is 9.79. The third-order valence-corrected chi connectivity index (χ3v) is 2.08. The molecule has 1 aromatic heterocycles. The van der Waals surface area contributed by atoms with Crippen molar-refractivity contribution in [1.29, 1.82) is 0 Å². The van der Waals surface area contributed by atoms with Crippen molar-refractivity contribution >= 4 is 11.8 Å². The van der Waals surface area contributed by atoms with E-state index in [1.807, 2.05) is 44.4 Å². The average molecular weight is 230 g/mol. The zero-order chi connectivity index (χ0) is 12.3. The van der Waals surface area contributed by atoms with Gasteiger partial charge in [0.1, 0.15) is 11.6 Å². The van der Waals surface area contributed by atoms with Gasteiger partial charge in [0.05, 0.1) is 0 Å². The number of hydrogen-bond donors (Lipinski definition) is 1. The number of nitrogen functional groups attached to an aromatic ring is 1. The van der Waals surface area contributed by atoms with Crippen LogP contribution < -0.4 is 15.4 Å². The first-order chi connectivity index (χ1) is 8.15. The molecular weight excluding hydrogens is 216 g/mol. The lowest BCUT2D eigenvalue weighted by Gasteiger charge is -2.12. The van der Waals surface area contributed by atoms with Crippen LogP contribution in [0.4, 0.5) is 11.8 Å². The Morgan fingerprint density at radius 1 is 1.12 bits per heavy atom. The highest BCUT2D eigenvalue weighted by Gasteiger charge is 2.06. The summed E-state index contributed by atoms with van der Waals surface area (Å²) in [6.45, 7) is 0. The van der Waals surface area contributed by atoms with E-state index in [9.17, 15) is 0 Å². The lowest BCUT2D eigenvalue weighted by Crippen LogP contribution is -2.13. The summed E-state index contributed by atoms with van der Waals surface area (Å²) in [5.74, 6) is 2.06. The van der Waals surface area contributed by atoms with Crippen molar-refractivity contribution in [2.75, 3.05) is 24.7 Å². The fraction of sp³-hybridized carbons (Fsp3) is 0.167. The second-order valence-corrected chi connectivity index (χ2v) is 3.74. The molecule has 2 N–H and O–H groups in total. The summed E-state index contributed by atoms with van der Waals surface area (Å²) < 4.78 is 5.59. The molecule has 1 heterocycles. The van der Waals surface area contributed by atoms with E-state index in [4.69, 9.17) is 10.5 Å². The SMILES string of the molecule is CN(C)c1nc(N)cc(Oc2ccccc2)n1. The molecule has 0 saturated heterocycles. The minimum Gasteiger partial charge on any atom is -0.439 e. The van der Waals surface area contributed by atoms with Gasteiger partial charge in [0.15, 0.2) is 0 Å². The van der Waals surface area contributed by atoms with E-state index in [1.54, 1.807) is 11.0 Å². The summed E-state index contributed by atoms with van der Waals surface area (Å²) in [4.78, 5) is 10.1. The molecule has 0 saturated carbocycles. The van der Waals surface area contributed by atoms with Gasteiger partial charge in [-0.1, -0.05) is 18.2 Å². The summed E-state index contributed by atoms with van der Waals surface area (Å²) in [5, 5.41) is 0. The van der Waals surface area contributed by atoms with Crippen LogP contribution in [0.2, 0.25) is 0 Å². The van der Waals surface area contributed by atoms with Crippen molar-refractivity contribution in [1.82, 2.24) is 9.97 Å². The highest BCUT2D eigenvalue weighted by atomic mass is 16.5. The lowest BCUT2D eigenvalue weighted by molar-refractivity contribution is 0.462. The predicted molar refractivity (Wildman–Crippen MR) is 67.3 cm³/mol. The van der Waals surface area contributed by atoms with E-state index >= 15 is 0 Å². The molecule has 0 aliphatic heterocycles. The van der Waals surface area contributed by atoms with Gasteiger partial charge in [-0.25, -0.2) is 0 Å². The molecule has 0 radical (unpaired) electrons. The summed E-state index contributed by atoms with van der Waals surface area (Å²) >= 11 is 0. The Hall–Kier alpha value is -2.30. The van der Waals surface area contributed by atoms with Crippen LogP contribution in [-0.4, -0.2) is 24.1 Å². The van der Waals surface area contributed by atoms with E-state index in [0.717, 1.165) is 5.75 Å². The Balaban J connectivity index is 2.27. The monoisotopic (exact) mass is 230 g/mol. The number of nitrogens with two attached hydrogens (primary N) is 1. The van der Waals surface area contributed by atoms with Gasteiger partial charge >= 0.3 is 0 Å². The fourth-order valence-electron chi connectivity index (χ4n) is 1.29. The summed E-state index contributed by atoms with van der Waals surface area (Å²) in [6, 6.07) is 11.0. The van der Waals surface area contributed by atoms with Gasteiger partial charge < -0.3 is 15.4 Å². The Kier molecular flexibility index (Phi) is 3.09. The number of aromatic nitrogens is 2. The van der Waals surface area contributed by atoms with Gasteiger partial charge in [0, 0.05) is 20.2 Å². The third kappa shape index (κ3) is 2.84. The Labute approximate surface area is 99.9 Å². The second kappa shape index (κ2) is 4.69. The first-order valence-electron chi connectivity index (χ1n) is 5.20. The Morgan fingerprint density at radius 3 is 2.47 bits per heavy atom. The minimum absolute atomic E-state index is 0.384. The van der Waals surface area contributed by atoms with E-state index in [-0.39, 0.29) is 0 Å². The third-order valence-electron chi connectivity index (χ3n) is 2.08. The van der Waals surface area contributed by atoms with Crippen LogP contribution in [-0.2, 0) is 0 Å².